The normalized spacial score (nSPS) is 15.2. The Morgan fingerprint density at radius 2 is 2.15 bits per heavy atom. The molecule has 0 bridgehead atoms. The van der Waals surface area contributed by atoms with Crippen molar-refractivity contribution in [3.05, 3.63) is 29.3 Å². The lowest BCUT2D eigenvalue weighted by atomic mass is 9.99. The average Bonchev–Trinajstić information content (AvgIpc) is 2.44. The number of aryl methyl sites for hydroxylation is 1. The summed E-state index contributed by atoms with van der Waals surface area (Å²) in [4.78, 5) is 2.29. The van der Waals surface area contributed by atoms with E-state index in [1.54, 1.807) is 0 Å². The molecule has 1 aromatic carbocycles. The Kier molecular flexibility index (Phi) is 5.01. The Labute approximate surface area is 121 Å². The van der Waals surface area contributed by atoms with Gasteiger partial charge in [-0.05, 0) is 37.1 Å². The van der Waals surface area contributed by atoms with Gasteiger partial charge in [0, 0.05) is 32.4 Å². The number of sulfonamides is 1. The van der Waals surface area contributed by atoms with Crippen LogP contribution < -0.4 is 14.9 Å². The van der Waals surface area contributed by atoms with E-state index < -0.39 is 10.0 Å². The lowest BCUT2D eigenvalue weighted by molar-refractivity contribution is 0.583. The van der Waals surface area contributed by atoms with Gasteiger partial charge in [0.15, 0.2) is 0 Å². The molecule has 0 atom stereocenters. The fourth-order valence-electron chi connectivity index (χ4n) is 2.49. The van der Waals surface area contributed by atoms with Gasteiger partial charge in [0.2, 0.25) is 10.0 Å². The summed E-state index contributed by atoms with van der Waals surface area (Å²) in [5.41, 5.74) is 3.92. The molecule has 1 aromatic rings. The molecule has 20 heavy (non-hydrogen) atoms. The van der Waals surface area contributed by atoms with Gasteiger partial charge in [-0.25, -0.2) is 13.1 Å². The molecule has 1 aliphatic rings. The fraction of sp³-hybridized carbons (Fsp3) is 0.571. The van der Waals surface area contributed by atoms with Crippen LogP contribution in [0.1, 0.15) is 17.5 Å². The summed E-state index contributed by atoms with van der Waals surface area (Å²) in [5, 5.41) is 3.18. The smallest absolute Gasteiger partial charge is 0.212 e. The number of fused-ring (bicyclic) bond motifs is 1. The maximum Gasteiger partial charge on any atom is 0.212 e. The van der Waals surface area contributed by atoms with Crippen molar-refractivity contribution in [1.29, 1.82) is 0 Å². The van der Waals surface area contributed by atoms with E-state index in [0.29, 0.717) is 13.1 Å². The largest absolute Gasteiger partial charge is 0.374 e. The summed E-state index contributed by atoms with van der Waals surface area (Å²) in [6.45, 7) is 2.28. The molecule has 5 nitrogen and oxygen atoms in total. The molecular formula is C14H23N3O2S. The van der Waals surface area contributed by atoms with Crippen LogP contribution >= 0.6 is 0 Å². The maximum atomic E-state index is 11.3. The number of anilines is 1. The first-order valence-electron chi connectivity index (χ1n) is 6.97. The minimum absolute atomic E-state index is 0.108. The highest BCUT2D eigenvalue weighted by atomic mass is 32.2. The van der Waals surface area contributed by atoms with Gasteiger partial charge in [-0.2, -0.15) is 0 Å². The first-order chi connectivity index (χ1) is 9.52. The molecule has 0 radical (unpaired) electrons. The average molecular weight is 297 g/mol. The van der Waals surface area contributed by atoms with E-state index in [9.17, 15) is 8.42 Å². The van der Waals surface area contributed by atoms with Crippen LogP contribution in [0, 0.1) is 0 Å². The van der Waals surface area contributed by atoms with E-state index in [4.69, 9.17) is 0 Å². The summed E-state index contributed by atoms with van der Waals surface area (Å²) in [7, 11) is 0.449. The molecule has 0 amide bonds. The Bertz CT molecular complexity index is 558. The molecule has 0 fully saturated rings. The first kappa shape index (κ1) is 15.3. The second kappa shape index (κ2) is 6.56. The zero-order chi connectivity index (χ0) is 14.6. The molecule has 1 aliphatic heterocycles. The molecule has 6 heteroatoms. The number of nitrogens with zero attached hydrogens (tertiary/aromatic N) is 1. The van der Waals surface area contributed by atoms with Gasteiger partial charge in [0.25, 0.3) is 0 Å². The van der Waals surface area contributed by atoms with Crippen molar-refractivity contribution >= 4 is 15.7 Å². The van der Waals surface area contributed by atoms with Crippen LogP contribution in [0.15, 0.2) is 18.2 Å². The van der Waals surface area contributed by atoms with E-state index in [1.165, 1.54) is 30.3 Å². The van der Waals surface area contributed by atoms with Crippen molar-refractivity contribution in [3.8, 4) is 0 Å². The van der Waals surface area contributed by atoms with E-state index in [0.717, 1.165) is 13.0 Å². The van der Waals surface area contributed by atoms with E-state index in [-0.39, 0.29) is 5.75 Å². The van der Waals surface area contributed by atoms with Crippen molar-refractivity contribution in [2.24, 2.45) is 0 Å². The monoisotopic (exact) mass is 297 g/mol. The summed E-state index contributed by atoms with van der Waals surface area (Å²) >= 11 is 0. The number of hydrogen-bond acceptors (Lipinski definition) is 4. The quantitative estimate of drug-likeness (QED) is 0.759. The van der Waals surface area contributed by atoms with E-state index in [2.05, 4.69) is 40.2 Å². The fourth-order valence-corrected chi connectivity index (χ4v) is 3.11. The van der Waals surface area contributed by atoms with Gasteiger partial charge >= 0.3 is 0 Å². The van der Waals surface area contributed by atoms with Crippen LogP contribution in [-0.2, 0) is 23.0 Å². The number of benzene rings is 1. The standard InChI is InChI=1S/C14H23N3O2S/c1-15-20(18,19)9-7-16-11-12-5-6-14-13(10-12)4-3-8-17(14)2/h5-6,10,15-16H,3-4,7-9,11H2,1-2H3. The van der Waals surface area contributed by atoms with Gasteiger partial charge in [0.05, 0.1) is 5.75 Å². The summed E-state index contributed by atoms with van der Waals surface area (Å²) < 4.78 is 24.9. The van der Waals surface area contributed by atoms with Gasteiger partial charge in [0.1, 0.15) is 0 Å². The molecule has 2 rings (SSSR count). The third kappa shape index (κ3) is 3.94. The highest BCUT2D eigenvalue weighted by Gasteiger charge is 2.13. The second-order valence-electron chi connectivity index (χ2n) is 5.19. The first-order valence-corrected chi connectivity index (χ1v) is 8.62. The van der Waals surface area contributed by atoms with Crippen molar-refractivity contribution in [2.45, 2.75) is 19.4 Å². The molecule has 1 heterocycles. The van der Waals surface area contributed by atoms with Crippen LogP contribution in [0.3, 0.4) is 0 Å². The third-order valence-corrected chi connectivity index (χ3v) is 5.05. The summed E-state index contributed by atoms with van der Waals surface area (Å²) in [5.74, 6) is 0.108. The second-order valence-corrected chi connectivity index (χ2v) is 7.23. The minimum Gasteiger partial charge on any atom is -0.374 e. The van der Waals surface area contributed by atoms with Crippen LogP contribution in [0.25, 0.3) is 0 Å². The predicted molar refractivity (Wildman–Crippen MR) is 82.6 cm³/mol. The van der Waals surface area contributed by atoms with Crippen molar-refractivity contribution in [2.75, 3.05) is 37.8 Å². The molecule has 0 saturated heterocycles. The molecule has 0 unspecified atom stereocenters. The SMILES string of the molecule is CNS(=O)(=O)CCNCc1ccc2c(c1)CCCN2C. The highest BCUT2D eigenvalue weighted by Crippen LogP contribution is 2.26. The zero-order valence-electron chi connectivity index (χ0n) is 12.1. The van der Waals surface area contributed by atoms with E-state index in [1.807, 2.05) is 0 Å². The maximum absolute atomic E-state index is 11.3. The lowest BCUT2D eigenvalue weighted by Crippen LogP contribution is -2.29. The van der Waals surface area contributed by atoms with Crippen LogP contribution in [0.4, 0.5) is 5.69 Å². The number of rotatable bonds is 6. The molecule has 0 spiro atoms. The van der Waals surface area contributed by atoms with Crippen molar-refractivity contribution < 1.29 is 8.42 Å². The number of nitrogens with one attached hydrogen (secondary N) is 2. The van der Waals surface area contributed by atoms with E-state index >= 15 is 0 Å². The van der Waals surface area contributed by atoms with Crippen molar-refractivity contribution in [1.82, 2.24) is 10.0 Å². The predicted octanol–water partition coefficient (Wildman–Crippen LogP) is 0.708. The Morgan fingerprint density at radius 1 is 1.35 bits per heavy atom. The third-order valence-electron chi connectivity index (χ3n) is 3.68. The summed E-state index contributed by atoms with van der Waals surface area (Å²) in [6, 6.07) is 6.50. The topological polar surface area (TPSA) is 61.4 Å². The Morgan fingerprint density at radius 3 is 2.90 bits per heavy atom. The lowest BCUT2D eigenvalue weighted by Gasteiger charge is -2.27. The Balaban J connectivity index is 1.88. The van der Waals surface area contributed by atoms with Gasteiger partial charge < -0.3 is 10.2 Å². The molecule has 0 saturated carbocycles. The molecule has 0 aliphatic carbocycles. The summed E-state index contributed by atoms with van der Waals surface area (Å²) in [6.07, 6.45) is 2.32. The molecule has 0 aromatic heterocycles. The highest BCUT2D eigenvalue weighted by molar-refractivity contribution is 7.89. The van der Waals surface area contributed by atoms with Gasteiger partial charge in [-0.1, -0.05) is 12.1 Å². The minimum atomic E-state index is -3.11. The van der Waals surface area contributed by atoms with Gasteiger partial charge in [-0.15, -0.1) is 0 Å². The van der Waals surface area contributed by atoms with Crippen LogP contribution in [-0.4, -0.2) is 41.4 Å². The van der Waals surface area contributed by atoms with Crippen LogP contribution in [0.2, 0.25) is 0 Å². The molecular weight excluding hydrogens is 274 g/mol. The van der Waals surface area contributed by atoms with Crippen LogP contribution in [0.5, 0.6) is 0 Å². The van der Waals surface area contributed by atoms with Gasteiger partial charge in [-0.3, -0.25) is 0 Å². The molecule has 2 N–H and O–H groups in total. The molecule has 112 valence electrons. The number of hydrogen-bond donors (Lipinski definition) is 2. The van der Waals surface area contributed by atoms with Crippen molar-refractivity contribution in [3.63, 3.8) is 0 Å². The Hall–Kier alpha value is -1.11. The zero-order valence-corrected chi connectivity index (χ0v) is 13.0.